The molecule has 33 heavy (non-hydrogen) atoms. The molecule has 0 fully saturated rings. The average molecular weight is 572 g/mol. The summed E-state index contributed by atoms with van der Waals surface area (Å²) in [5, 5.41) is 0. The van der Waals surface area contributed by atoms with Gasteiger partial charge in [0.25, 0.3) is 0 Å². The number of halogens is 2. The molecule has 3 rings (SSSR count). The van der Waals surface area contributed by atoms with E-state index < -0.39 is 17.9 Å². The Hall–Kier alpha value is -3.08. The molecule has 0 saturated heterocycles. The van der Waals surface area contributed by atoms with Gasteiger partial charge < -0.3 is 14.2 Å². The molecular weight excluding hydrogens is 552 g/mol. The van der Waals surface area contributed by atoms with Crippen LogP contribution in [0.3, 0.4) is 0 Å². The van der Waals surface area contributed by atoms with E-state index in [1.54, 1.807) is 50.4 Å². The van der Waals surface area contributed by atoms with Crippen molar-refractivity contribution in [2.24, 2.45) is 0 Å². The fourth-order valence-corrected chi connectivity index (χ4v) is 4.19. The molecule has 0 amide bonds. The van der Waals surface area contributed by atoms with Crippen molar-refractivity contribution in [2.75, 3.05) is 7.11 Å². The van der Waals surface area contributed by atoms with Crippen LogP contribution in [-0.4, -0.2) is 25.0 Å². The van der Waals surface area contributed by atoms with Crippen LogP contribution in [0.5, 0.6) is 11.5 Å². The highest BCUT2D eigenvalue weighted by Gasteiger charge is 2.14. The maximum absolute atomic E-state index is 12.6. The second kappa shape index (κ2) is 11.7. The molecular formula is C26H20Br2O5. The second-order valence-electron chi connectivity index (χ2n) is 6.92. The Bertz CT molecular complexity index is 1170. The highest BCUT2D eigenvalue weighted by Crippen LogP contribution is 2.35. The van der Waals surface area contributed by atoms with Crippen LogP contribution in [0, 0.1) is 11.8 Å². The lowest BCUT2D eigenvalue weighted by Gasteiger charge is -2.12. The Labute approximate surface area is 209 Å². The zero-order valence-electron chi connectivity index (χ0n) is 17.9. The van der Waals surface area contributed by atoms with Crippen LogP contribution in [0.4, 0.5) is 0 Å². The van der Waals surface area contributed by atoms with Gasteiger partial charge in [-0.05, 0) is 86.7 Å². The summed E-state index contributed by atoms with van der Waals surface area (Å²) in [6, 6.07) is 19.5. The number of carbonyl (C=O) groups is 2. The Morgan fingerprint density at radius 3 is 2.18 bits per heavy atom. The van der Waals surface area contributed by atoms with Crippen molar-refractivity contribution in [3.63, 3.8) is 0 Å². The van der Waals surface area contributed by atoms with Gasteiger partial charge in [0.2, 0.25) is 5.78 Å². The molecule has 168 valence electrons. The van der Waals surface area contributed by atoms with Crippen LogP contribution in [0.2, 0.25) is 0 Å². The summed E-state index contributed by atoms with van der Waals surface area (Å²) < 4.78 is 17.5. The van der Waals surface area contributed by atoms with Gasteiger partial charge in [-0.3, -0.25) is 4.79 Å². The lowest BCUT2D eigenvalue weighted by atomic mass is 10.1. The number of rotatable bonds is 7. The molecule has 0 radical (unpaired) electrons. The van der Waals surface area contributed by atoms with Crippen LogP contribution in [0.1, 0.15) is 33.2 Å². The van der Waals surface area contributed by atoms with Crippen molar-refractivity contribution in [1.29, 1.82) is 0 Å². The van der Waals surface area contributed by atoms with E-state index in [-0.39, 0.29) is 0 Å². The molecule has 0 N–H and O–H groups in total. The number of Topliss-reactive ketones (excluding diaryl/α,β-unsaturated/α-hetero) is 1. The minimum Gasteiger partial charge on any atom is -0.497 e. The first kappa shape index (κ1) is 24.6. The smallest absolute Gasteiger partial charge is 0.339 e. The number of carbonyl (C=O) groups excluding carboxylic acids is 2. The molecule has 3 aromatic carbocycles. The van der Waals surface area contributed by atoms with Crippen LogP contribution < -0.4 is 9.47 Å². The van der Waals surface area contributed by atoms with Crippen LogP contribution in [0.25, 0.3) is 0 Å². The number of esters is 1. The van der Waals surface area contributed by atoms with Crippen molar-refractivity contribution in [1.82, 2.24) is 0 Å². The summed E-state index contributed by atoms with van der Waals surface area (Å²) in [5.74, 6) is 5.66. The van der Waals surface area contributed by atoms with Crippen molar-refractivity contribution in [3.05, 3.63) is 92.4 Å². The maximum atomic E-state index is 12.6. The van der Waals surface area contributed by atoms with Crippen molar-refractivity contribution < 1.29 is 23.8 Å². The van der Waals surface area contributed by atoms with E-state index in [2.05, 4.69) is 43.7 Å². The zero-order valence-corrected chi connectivity index (χ0v) is 21.1. The highest BCUT2D eigenvalue weighted by molar-refractivity contribution is 9.11. The topological polar surface area (TPSA) is 61.8 Å². The Morgan fingerprint density at radius 2 is 1.58 bits per heavy atom. The van der Waals surface area contributed by atoms with Gasteiger partial charge in [-0.15, -0.1) is 0 Å². The largest absolute Gasteiger partial charge is 0.497 e. The fourth-order valence-electron chi connectivity index (χ4n) is 2.78. The third-order valence-corrected chi connectivity index (χ3v) is 5.66. The average Bonchev–Trinajstić information content (AvgIpc) is 2.82. The first-order valence-electron chi connectivity index (χ1n) is 9.94. The van der Waals surface area contributed by atoms with Crippen LogP contribution in [-0.2, 0) is 11.3 Å². The second-order valence-corrected chi connectivity index (χ2v) is 8.63. The molecule has 0 aliphatic heterocycles. The van der Waals surface area contributed by atoms with Gasteiger partial charge in [0.05, 0.1) is 21.6 Å². The number of benzene rings is 3. The quantitative estimate of drug-likeness (QED) is 0.146. The third-order valence-electron chi connectivity index (χ3n) is 4.48. The minimum atomic E-state index is -0.736. The van der Waals surface area contributed by atoms with Crippen LogP contribution in [0.15, 0.2) is 75.7 Å². The maximum Gasteiger partial charge on any atom is 0.339 e. The van der Waals surface area contributed by atoms with E-state index in [1.807, 2.05) is 30.3 Å². The summed E-state index contributed by atoms with van der Waals surface area (Å²) in [7, 11) is 1.62. The van der Waals surface area contributed by atoms with Gasteiger partial charge in [-0.1, -0.05) is 36.3 Å². The summed E-state index contributed by atoms with van der Waals surface area (Å²) in [4.78, 5) is 24.6. The van der Waals surface area contributed by atoms with Gasteiger partial charge >= 0.3 is 5.97 Å². The van der Waals surface area contributed by atoms with Gasteiger partial charge in [-0.25, -0.2) is 4.79 Å². The number of ketones is 1. The first-order chi connectivity index (χ1) is 15.9. The molecule has 0 aliphatic carbocycles. The Balaban J connectivity index is 1.63. The van der Waals surface area contributed by atoms with E-state index in [1.165, 1.54) is 0 Å². The third kappa shape index (κ3) is 6.95. The normalized spacial score (nSPS) is 11.0. The molecule has 3 aromatic rings. The van der Waals surface area contributed by atoms with Gasteiger partial charge in [0, 0.05) is 5.56 Å². The van der Waals surface area contributed by atoms with E-state index >= 15 is 0 Å². The fraction of sp³-hybridized carbons (Fsp3) is 0.154. The first-order valence-corrected chi connectivity index (χ1v) is 11.5. The number of hydrogen-bond donors (Lipinski definition) is 0. The standard InChI is InChI=1S/C26H20Br2O5/c1-17(33-26(30)19-6-4-3-5-7-19)8-13-24(29)20-14-22(27)25(23(28)15-20)32-16-18-9-11-21(31-2)12-10-18/h3-7,9-12,14-15,17H,16H2,1-2H3. The Morgan fingerprint density at radius 1 is 0.939 bits per heavy atom. The monoisotopic (exact) mass is 570 g/mol. The van der Waals surface area contributed by atoms with E-state index in [0.29, 0.717) is 32.4 Å². The molecule has 1 unspecified atom stereocenters. The summed E-state index contributed by atoms with van der Waals surface area (Å²) >= 11 is 6.91. The molecule has 7 heteroatoms. The van der Waals surface area contributed by atoms with Crippen molar-refractivity contribution >= 4 is 43.6 Å². The van der Waals surface area contributed by atoms with E-state index in [4.69, 9.17) is 14.2 Å². The molecule has 0 bridgehead atoms. The molecule has 0 saturated carbocycles. The Kier molecular flexibility index (Phi) is 8.70. The predicted molar refractivity (Wildman–Crippen MR) is 133 cm³/mol. The van der Waals surface area contributed by atoms with E-state index in [0.717, 1.165) is 11.3 Å². The lowest BCUT2D eigenvalue weighted by molar-refractivity contribution is 0.0438. The summed E-state index contributed by atoms with van der Waals surface area (Å²) in [5.41, 5.74) is 1.77. The predicted octanol–water partition coefficient (Wildman–Crippen LogP) is 6.23. The molecule has 0 aromatic heterocycles. The molecule has 0 spiro atoms. The van der Waals surface area contributed by atoms with Crippen molar-refractivity contribution in [2.45, 2.75) is 19.6 Å². The zero-order chi connectivity index (χ0) is 23.8. The summed E-state index contributed by atoms with van der Waals surface area (Å²) in [6.45, 7) is 1.96. The minimum absolute atomic E-state index is 0.346. The number of ether oxygens (including phenoxy) is 3. The molecule has 0 heterocycles. The SMILES string of the molecule is COc1ccc(COc2c(Br)cc(C(=O)C#CC(C)OC(=O)c3ccccc3)cc2Br)cc1. The van der Waals surface area contributed by atoms with E-state index in [9.17, 15) is 9.59 Å². The highest BCUT2D eigenvalue weighted by atomic mass is 79.9. The van der Waals surface area contributed by atoms with Gasteiger partial charge in [0.15, 0.2) is 6.10 Å². The lowest BCUT2D eigenvalue weighted by Crippen LogP contribution is -2.13. The molecule has 1 atom stereocenters. The summed E-state index contributed by atoms with van der Waals surface area (Å²) in [6.07, 6.45) is -0.736. The molecule has 0 aliphatic rings. The van der Waals surface area contributed by atoms with Crippen LogP contribution >= 0.6 is 31.9 Å². The van der Waals surface area contributed by atoms with Crippen molar-refractivity contribution in [3.8, 4) is 23.3 Å². The van der Waals surface area contributed by atoms with Gasteiger partial charge in [-0.2, -0.15) is 0 Å². The van der Waals surface area contributed by atoms with Gasteiger partial charge in [0.1, 0.15) is 18.1 Å². The number of methoxy groups -OCH3 is 1. The number of hydrogen-bond acceptors (Lipinski definition) is 5. The molecule has 5 nitrogen and oxygen atoms in total.